The van der Waals surface area contributed by atoms with Gasteiger partial charge in [0.1, 0.15) is 0 Å². The van der Waals surface area contributed by atoms with Crippen LogP contribution in [-0.2, 0) is 17.8 Å². The molecule has 1 amide bonds. The molecule has 1 aromatic heterocycles. The SMILES string of the molecule is Cc1ccc(CCCC(=O)N2CCCC(N(C)Cc3nnc(C(C)C)o3)C2)cc1. The van der Waals surface area contributed by atoms with Crippen LogP contribution >= 0.6 is 0 Å². The Labute approximate surface area is 174 Å². The van der Waals surface area contributed by atoms with E-state index in [0.29, 0.717) is 30.8 Å². The van der Waals surface area contributed by atoms with E-state index in [0.717, 1.165) is 38.8 Å². The predicted octanol–water partition coefficient (Wildman–Crippen LogP) is 3.95. The number of benzene rings is 1. The van der Waals surface area contributed by atoms with Crippen LogP contribution in [0.3, 0.4) is 0 Å². The highest BCUT2D eigenvalue weighted by Gasteiger charge is 2.27. The lowest BCUT2D eigenvalue weighted by Crippen LogP contribution is -2.48. The topological polar surface area (TPSA) is 62.5 Å². The normalized spacial score (nSPS) is 17.3. The summed E-state index contributed by atoms with van der Waals surface area (Å²) in [5.41, 5.74) is 2.58. The Hall–Kier alpha value is -2.21. The molecule has 0 spiro atoms. The molecule has 1 unspecified atom stereocenters. The van der Waals surface area contributed by atoms with Crippen molar-refractivity contribution in [1.29, 1.82) is 0 Å². The number of carbonyl (C=O) groups is 1. The lowest BCUT2D eigenvalue weighted by molar-refractivity contribution is -0.133. The number of piperidine rings is 1. The summed E-state index contributed by atoms with van der Waals surface area (Å²) in [7, 11) is 2.08. The van der Waals surface area contributed by atoms with Crippen molar-refractivity contribution >= 4 is 5.91 Å². The van der Waals surface area contributed by atoms with Gasteiger partial charge in [0.05, 0.1) is 6.54 Å². The fourth-order valence-electron chi connectivity index (χ4n) is 3.80. The minimum Gasteiger partial charge on any atom is -0.424 e. The van der Waals surface area contributed by atoms with Gasteiger partial charge in [-0.2, -0.15) is 0 Å². The quantitative estimate of drug-likeness (QED) is 0.674. The standard InChI is InChI=1S/C23H34N4O2/c1-17(2)23-25-24-21(29-23)16-26(4)20-8-6-14-27(15-20)22(28)9-5-7-19-12-10-18(3)11-13-19/h10-13,17,20H,5-9,14-16H2,1-4H3. The summed E-state index contributed by atoms with van der Waals surface area (Å²) in [5, 5.41) is 8.27. The van der Waals surface area contributed by atoms with Crippen LogP contribution in [0.1, 0.15) is 68.4 Å². The number of carbonyl (C=O) groups excluding carboxylic acids is 1. The fourth-order valence-corrected chi connectivity index (χ4v) is 3.80. The lowest BCUT2D eigenvalue weighted by atomic mass is 10.0. The van der Waals surface area contributed by atoms with Crippen molar-refractivity contribution in [2.45, 2.75) is 71.4 Å². The van der Waals surface area contributed by atoms with E-state index in [1.165, 1.54) is 11.1 Å². The van der Waals surface area contributed by atoms with Crippen molar-refractivity contribution in [2.24, 2.45) is 0 Å². The Morgan fingerprint density at radius 2 is 2.03 bits per heavy atom. The van der Waals surface area contributed by atoms with E-state index in [2.05, 4.69) is 53.3 Å². The maximum absolute atomic E-state index is 12.7. The number of aryl methyl sites for hydroxylation is 2. The lowest BCUT2D eigenvalue weighted by Gasteiger charge is -2.37. The summed E-state index contributed by atoms with van der Waals surface area (Å²) >= 11 is 0. The van der Waals surface area contributed by atoms with Crippen LogP contribution < -0.4 is 0 Å². The van der Waals surface area contributed by atoms with Gasteiger partial charge in [0.25, 0.3) is 0 Å². The molecular formula is C23H34N4O2. The third-order valence-electron chi connectivity index (χ3n) is 5.71. The molecule has 1 aliphatic heterocycles. The molecule has 6 heteroatoms. The van der Waals surface area contributed by atoms with Gasteiger partial charge in [-0.25, -0.2) is 0 Å². The second-order valence-electron chi connectivity index (χ2n) is 8.58. The summed E-state index contributed by atoms with van der Waals surface area (Å²) in [6.07, 6.45) is 4.61. The van der Waals surface area contributed by atoms with E-state index in [1.807, 2.05) is 18.7 Å². The van der Waals surface area contributed by atoms with E-state index in [9.17, 15) is 4.79 Å². The molecule has 0 saturated carbocycles. The molecule has 6 nitrogen and oxygen atoms in total. The molecule has 0 aliphatic carbocycles. The summed E-state index contributed by atoms with van der Waals surface area (Å²) in [4.78, 5) is 17.0. The van der Waals surface area contributed by atoms with Gasteiger partial charge in [-0.3, -0.25) is 9.69 Å². The fraction of sp³-hybridized carbons (Fsp3) is 0.609. The molecule has 158 valence electrons. The predicted molar refractivity (Wildman–Crippen MR) is 114 cm³/mol. The van der Waals surface area contributed by atoms with E-state index < -0.39 is 0 Å². The third-order valence-corrected chi connectivity index (χ3v) is 5.71. The van der Waals surface area contributed by atoms with Gasteiger partial charge >= 0.3 is 0 Å². The van der Waals surface area contributed by atoms with Gasteiger partial charge in [0.15, 0.2) is 0 Å². The number of nitrogens with zero attached hydrogens (tertiary/aromatic N) is 4. The zero-order chi connectivity index (χ0) is 20.8. The summed E-state index contributed by atoms with van der Waals surface area (Å²) in [6.45, 7) is 8.46. The van der Waals surface area contributed by atoms with Gasteiger partial charge in [-0.1, -0.05) is 43.7 Å². The van der Waals surface area contributed by atoms with Crippen molar-refractivity contribution in [3.63, 3.8) is 0 Å². The summed E-state index contributed by atoms with van der Waals surface area (Å²) in [6, 6.07) is 8.92. The van der Waals surface area contributed by atoms with E-state index in [-0.39, 0.29) is 11.8 Å². The first-order valence-corrected chi connectivity index (χ1v) is 10.8. The highest BCUT2D eigenvalue weighted by atomic mass is 16.4. The molecular weight excluding hydrogens is 364 g/mol. The highest BCUT2D eigenvalue weighted by molar-refractivity contribution is 5.76. The van der Waals surface area contributed by atoms with E-state index in [1.54, 1.807) is 0 Å². The van der Waals surface area contributed by atoms with Gasteiger partial charge in [-0.15, -0.1) is 10.2 Å². The molecule has 2 aromatic rings. The molecule has 1 fully saturated rings. The Bertz CT molecular complexity index is 784. The van der Waals surface area contributed by atoms with Crippen LogP contribution in [0.15, 0.2) is 28.7 Å². The summed E-state index contributed by atoms with van der Waals surface area (Å²) < 4.78 is 5.74. The number of hydrogen-bond acceptors (Lipinski definition) is 5. The van der Waals surface area contributed by atoms with Crippen LogP contribution in [0, 0.1) is 6.92 Å². The molecule has 0 N–H and O–H groups in total. The number of hydrogen-bond donors (Lipinski definition) is 0. The van der Waals surface area contributed by atoms with E-state index >= 15 is 0 Å². The molecule has 2 heterocycles. The van der Waals surface area contributed by atoms with Crippen LogP contribution in [0.4, 0.5) is 0 Å². The Kier molecular flexibility index (Phi) is 7.42. The molecule has 3 rings (SSSR count). The number of likely N-dealkylation sites (tertiary alicyclic amines) is 1. The van der Waals surface area contributed by atoms with E-state index in [4.69, 9.17) is 4.42 Å². The molecule has 0 radical (unpaired) electrons. The molecule has 1 aromatic carbocycles. The maximum Gasteiger partial charge on any atom is 0.230 e. The van der Waals surface area contributed by atoms with Crippen molar-refractivity contribution in [3.05, 3.63) is 47.2 Å². The second-order valence-corrected chi connectivity index (χ2v) is 8.58. The third kappa shape index (κ3) is 6.13. The number of likely N-dealkylation sites (N-methyl/N-ethyl adjacent to an activating group) is 1. The number of aromatic nitrogens is 2. The first-order chi connectivity index (χ1) is 13.9. The van der Waals surface area contributed by atoms with Crippen LogP contribution in [0.2, 0.25) is 0 Å². The zero-order valence-corrected chi connectivity index (χ0v) is 18.2. The van der Waals surface area contributed by atoms with Gasteiger partial charge in [0, 0.05) is 31.5 Å². The minimum atomic E-state index is 0.240. The Morgan fingerprint density at radius 3 is 2.72 bits per heavy atom. The maximum atomic E-state index is 12.7. The molecule has 1 atom stereocenters. The van der Waals surface area contributed by atoms with Gasteiger partial charge in [-0.05, 0) is 45.2 Å². The largest absolute Gasteiger partial charge is 0.424 e. The number of rotatable bonds is 8. The molecule has 0 bridgehead atoms. The first-order valence-electron chi connectivity index (χ1n) is 10.8. The first kappa shape index (κ1) is 21.5. The monoisotopic (exact) mass is 398 g/mol. The Balaban J connectivity index is 1.45. The molecule has 29 heavy (non-hydrogen) atoms. The van der Waals surface area contributed by atoms with Crippen LogP contribution in [0.25, 0.3) is 0 Å². The van der Waals surface area contributed by atoms with Crippen LogP contribution in [-0.4, -0.2) is 52.1 Å². The Morgan fingerprint density at radius 1 is 1.28 bits per heavy atom. The molecule has 1 aliphatic rings. The smallest absolute Gasteiger partial charge is 0.230 e. The second kappa shape index (κ2) is 10.0. The van der Waals surface area contributed by atoms with Crippen molar-refractivity contribution in [3.8, 4) is 0 Å². The van der Waals surface area contributed by atoms with Crippen molar-refractivity contribution < 1.29 is 9.21 Å². The highest BCUT2D eigenvalue weighted by Crippen LogP contribution is 2.19. The van der Waals surface area contributed by atoms with Gasteiger partial charge in [0.2, 0.25) is 17.7 Å². The van der Waals surface area contributed by atoms with Crippen LogP contribution in [0.5, 0.6) is 0 Å². The summed E-state index contributed by atoms with van der Waals surface area (Å²) in [5.74, 6) is 1.85. The van der Waals surface area contributed by atoms with Gasteiger partial charge < -0.3 is 9.32 Å². The number of amides is 1. The minimum absolute atomic E-state index is 0.240. The molecule has 1 saturated heterocycles. The zero-order valence-electron chi connectivity index (χ0n) is 18.2. The van der Waals surface area contributed by atoms with Crippen molar-refractivity contribution in [2.75, 3.05) is 20.1 Å². The average molecular weight is 399 g/mol. The van der Waals surface area contributed by atoms with Crippen molar-refractivity contribution in [1.82, 2.24) is 20.0 Å². The average Bonchev–Trinajstić information content (AvgIpc) is 3.18.